The first-order chi connectivity index (χ1) is 14.5. The summed E-state index contributed by atoms with van der Waals surface area (Å²) in [6.45, 7) is 20.4. The molecule has 0 amide bonds. The van der Waals surface area contributed by atoms with Crippen LogP contribution in [-0.4, -0.2) is 0 Å². The molecule has 5 unspecified atom stereocenters. The molecule has 0 nitrogen and oxygen atoms in total. The Kier molecular flexibility index (Phi) is 6.74. The molecule has 0 N–H and O–H groups in total. The van der Waals surface area contributed by atoms with Gasteiger partial charge in [-0.05, 0) is 121 Å². The lowest BCUT2D eigenvalue weighted by Crippen LogP contribution is -2.54. The van der Waals surface area contributed by atoms with E-state index in [0.29, 0.717) is 16.2 Å². The SMILES string of the molecule is CC(C)CCC[C@@H](C)[C@H]1CCC2C3CCC4CC(C(C)(C)C)CC[C@]4(C)C3CC[C@@]21C. The fourth-order valence-electron chi connectivity index (χ4n) is 10.1. The molecule has 4 aliphatic rings. The molecule has 0 saturated heterocycles. The van der Waals surface area contributed by atoms with Crippen LogP contribution in [-0.2, 0) is 0 Å². The number of rotatable bonds is 5. The molecule has 180 valence electrons. The molecule has 0 aromatic rings. The Morgan fingerprint density at radius 2 is 1.45 bits per heavy atom. The van der Waals surface area contributed by atoms with Crippen LogP contribution in [0, 0.1) is 63.6 Å². The van der Waals surface area contributed by atoms with Gasteiger partial charge in [-0.3, -0.25) is 0 Å². The van der Waals surface area contributed by atoms with Gasteiger partial charge in [0.1, 0.15) is 0 Å². The third-order valence-corrected chi connectivity index (χ3v) is 12.1. The molecule has 4 saturated carbocycles. The van der Waals surface area contributed by atoms with E-state index in [-0.39, 0.29) is 0 Å². The van der Waals surface area contributed by atoms with E-state index in [2.05, 4.69) is 55.4 Å². The Bertz CT molecular complexity index is 610. The van der Waals surface area contributed by atoms with E-state index < -0.39 is 0 Å². The molecule has 0 bridgehead atoms. The maximum absolute atomic E-state index is 2.76. The van der Waals surface area contributed by atoms with Crippen molar-refractivity contribution in [3.05, 3.63) is 0 Å². The standard InChI is InChI=1S/C31H56/c1-21(2)10-9-11-22(3)26-14-15-27-25-13-12-24-20-23(29(4,5)6)16-18-30(24,7)28(25)17-19-31(26,27)8/h21-28H,9-20H2,1-8H3/t22-,23?,24?,25?,26-,27?,28?,30+,31-/m1/s1. The van der Waals surface area contributed by atoms with E-state index >= 15 is 0 Å². The zero-order valence-corrected chi connectivity index (χ0v) is 22.6. The summed E-state index contributed by atoms with van der Waals surface area (Å²) in [5, 5.41) is 0. The first kappa shape index (κ1) is 24.1. The second-order valence-electron chi connectivity index (χ2n) is 15.0. The highest BCUT2D eigenvalue weighted by Crippen LogP contribution is 2.69. The molecule has 0 aliphatic heterocycles. The third-order valence-electron chi connectivity index (χ3n) is 12.1. The number of hydrogen-bond donors (Lipinski definition) is 0. The van der Waals surface area contributed by atoms with E-state index in [1.165, 1.54) is 38.5 Å². The minimum Gasteiger partial charge on any atom is -0.0628 e. The molecule has 4 fully saturated rings. The smallest absolute Gasteiger partial charge is 0.0264 e. The van der Waals surface area contributed by atoms with Crippen molar-refractivity contribution in [2.45, 2.75) is 132 Å². The molecular formula is C31H56. The molecule has 0 heterocycles. The van der Waals surface area contributed by atoms with Crippen molar-refractivity contribution in [1.29, 1.82) is 0 Å². The lowest BCUT2D eigenvalue weighted by molar-refractivity contribution is -0.127. The van der Waals surface area contributed by atoms with E-state index in [0.717, 1.165) is 47.3 Å². The zero-order valence-electron chi connectivity index (χ0n) is 22.6. The molecule has 4 rings (SSSR count). The van der Waals surface area contributed by atoms with Gasteiger partial charge >= 0.3 is 0 Å². The Labute approximate surface area is 196 Å². The summed E-state index contributed by atoms with van der Waals surface area (Å²) < 4.78 is 0. The van der Waals surface area contributed by atoms with Gasteiger partial charge in [-0.15, -0.1) is 0 Å². The van der Waals surface area contributed by atoms with Gasteiger partial charge < -0.3 is 0 Å². The summed E-state index contributed by atoms with van der Waals surface area (Å²) in [5.74, 6) is 7.94. The van der Waals surface area contributed by atoms with E-state index in [1.54, 1.807) is 38.5 Å². The van der Waals surface area contributed by atoms with Crippen LogP contribution in [0.1, 0.15) is 132 Å². The monoisotopic (exact) mass is 428 g/mol. The lowest BCUT2D eigenvalue weighted by Gasteiger charge is -2.62. The number of fused-ring (bicyclic) bond motifs is 5. The topological polar surface area (TPSA) is 0 Å². The summed E-state index contributed by atoms with van der Waals surface area (Å²) in [6.07, 6.45) is 18.2. The summed E-state index contributed by atoms with van der Waals surface area (Å²) in [5.41, 5.74) is 1.82. The lowest BCUT2D eigenvalue weighted by atomic mass is 9.43. The zero-order chi connectivity index (χ0) is 22.6. The van der Waals surface area contributed by atoms with Crippen LogP contribution in [0.4, 0.5) is 0 Å². The van der Waals surface area contributed by atoms with Crippen LogP contribution in [0.2, 0.25) is 0 Å². The first-order valence-electron chi connectivity index (χ1n) is 14.5. The van der Waals surface area contributed by atoms with Crippen molar-refractivity contribution in [2.24, 2.45) is 63.6 Å². The van der Waals surface area contributed by atoms with Crippen LogP contribution >= 0.6 is 0 Å². The van der Waals surface area contributed by atoms with Gasteiger partial charge in [0.05, 0.1) is 0 Å². The largest absolute Gasteiger partial charge is 0.0628 e. The molecule has 0 heteroatoms. The van der Waals surface area contributed by atoms with Gasteiger partial charge in [0, 0.05) is 0 Å². The molecule has 4 aliphatic carbocycles. The van der Waals surface area contributed by atoms with Crippen LogP contribution in [0.3, 0.4) is 0 Å². The van der Waals surface area contributed by atoms with Gasteiger partial charge in [-0.1, -0.05) is 74.7 Å². The fraction of sp³-hybridized carbons (Fsp3) is 1.00. The summed E-state index contributed by atoms with van der Waals surface area (Å²) in [4.78, 5) is 0. The predicted octanol–water partition coefficient (Wildman–Crippen LogP) is 9.77. The van der Waals surface area contributed by atoms with Crippen LogP contribution in [0.15, 0.2) is 0 Å². The second-order valence-corrected chi connectivity index (χ2v) is 15.0. The van der Waals surface area contributed by atoms with E-state index in [9.17, 15) is 0 Å². The average Bonchev–Trinajstić information content (AvgIpc) is 3.03. The van der Waals surface area contributed by atoms with Gasteiger partial charge in [0.2, 0.25) is 0 Å². The van der Waals surface area contributed by atoms with Gasteiger partial charge in [0.15, 0.2) is 0 Å². The Hall–Kier alpha value is 0. The summed E-state index contributed by atoms with van der Waals surface area (Å²) in [7, 11) is 0. The second kappa shape index (κ2) is 8.65. The maximum atomic E-state index is 2.76. The molecular weight excluding hydrogens is 372 g/mol. The Morgan fingerprint density at radius 3 is 2.13 bits per heavy atom. The summed E-state index contributed by atoms with van der Waals surface area (Å²) >= 11 is 0. The summed E-state index contributed by atoms with van der Waals surface area (Å²) in [6, 6.07) is 0. The first-order valence-corrected chi connectivity index (χ1v) is 14.5. The molecule has 0 spiro atoms. The van der Waals surface area contributed by atoms with Crippen LogP contribution in [0.25, 0.3) is 0 Å². The highest BCUT2D eigenvalue weighted by Gasteiger charge is 2.60. The van der Waals surface area contributed by atoms with Crippen molar-refractivity contribution in [1.82, 2.24) is 0 Å². The highest BCUT2D eigenvalue weighted by molar-refractivity contribution is 5.10. The van der Waals surface area contributed by atoms with Gasteiger partial charge in [-0.2, -0.15) is 0 Å². The van der Waals surface area contributed by atoms with Gasteiger partial charge in [-0.25, -0.2) is 0 Å². The molecule has 31 heavy (non-hydrogen) atoms. The van der Waals surface area contributed by atoms with Crippen LogP contribution < -0.4 is 0 Å². The fourth-order valence-corrected chi connectivity index (χ4v) is 10.1. The predicted molar refractivity (Wildman–Crippen MR) is 136 cm³/mol. The molecule has 0 aromatic heterocycles. The van der Waals surface area contributed by atoms with E-state index in [1.807, 2.05) is 0 Å². The highest BCUT2D eigenvalue weighted by atomic mass is 14.7. The van der Waals surface area contributed by atoms with Crippen molar-refractivity contribution >= 4 is 0 Å². The van der Waals surface area contributed by atoms with E-state index in [4.69, 9.17) is 0 Å². The van der Waals surface area contributed by atoms with Crippen molar-refractivity contribution in [2.75, 3.05) is 0 Å². The molecule has 0 radical (unpaired) electrons. The van der Waals surface area contributed by atoms with Gasteiger partial charge in [0.25, 0.3) is 0 Å². The molecule has 9 atom stereocenters. The van der Waals surface area contributed by atoms with Crippen molar-refractivity contribution in [3.8, 4) is 0 Å². The Balaban J connectivity index is 1.45. The van der Waals surface area contributed by atoms with Crippen molar-refractivity contribution < 1.29 is 0 Å². The average molecular weight is 429 g/mol. The minimum absolute atomic E-state index is 0.508. The number of hydrogen-bond acceptors (Lipinski definition) is 0. The Morgan fingerprint density at radius 1 is 0.774 bits per heavy atom. The maximum Gasteiger partial charge on any atom is -0.0264 e. The molecule has 0 aromatic carbocycles. The van der Waals surface area contributed by atoms with Crippen molar-refractivity contribution in [3.63, 3.8) is 0 Å². The minimum atomic E-state index is 0.508. The quantitative estimate of drug-likeness (QED) is 0.408. The third kappa shape index (κ3) is 4.30. The van der Waals surface area contributed by atoms with Crippen LogP contribution in [0.5, 0.6) is 0 Å². The normalized spacial score (nSPS) is 46.4.